The quantitative estimate of drug-likeness (QED) is 0.871. The van der Waals surface area contributed by atoms with Gasteiger partial charge in [0.25, 0.3) is 5.56 Å². The maximum atomic E-state index is 11.5. The van der Waals surface area contributed by atoms with Crippen molar-refractivity contribution in [2.45, 2.75) is 13.8 Å². The molecule has 82 valence electrons. The van der Waals surface area contributed by atoms with Crippen LogP contribution in [0.25, 0.3) is 11.4 Å². The first-order valence-corrected chi connectivity index (χ1v) is 5.56. The summed E-state index contributed by atoms with van der Waals surface area (Å²) in [6.07, 6.45) is 1.70. The molecule has 2 aromatic rings. The lowest BCUT2D eigenvalue weighted by atomic mass is 10.2. The maximum Gasteiger partial charge on any atom is 0.265 e. The standard InChI is InChI=1S/C11H10BrN3O/c1-6-3-4-8(5-13-6)10-14-7(2)9(12)11(16)15-10/h3-5H,1-2H3,(H,14,15,16). The van der Waals surface area contributed by atoms with E-state index in [9.17, 15) is 4.79 Å². The molecule has 0 aliphatic heterocycles. The number of aromatic amines is 1. The average molecular weight is 280 g/mol. The van der Waals surface area contributed by atoms with Crippen molar-refractivity contribution in [3.8, 4) is 11.4 Å². The van der Waals surface area contributed by atoms with E-state index < -0.39 is 0 Å². The third kappa shape index (κ3) is 2.04. The zero-order valence-electron chi connectivity index (χ0n) is 8.91. The largest absolute Gasteiger partial charge is 0.305 e. The van der Waals surface area contributed by atoms with E-state index in [4.69, 9.17) is 0 Å². The summed E-state index contributed by atoms with van der Waals surface area (Å²) in [6.45, 7) is 3.69. The van der Waals surface area contributed by atoms with Gasteiger partial charge in [-0.1, -0.05) is 0 Å². The Morgan fingerprint density at radius 3 is 2.62 bits per heavy atom. The van der Waals surface area contributed by atoms with Crippen molar-refractivity contribution in [1.82, 2.24) is 15.0 Å². The summed E-state index contributed by atoms with van der Waals surface area (Å²) in [5, 5.41) is 0. The number of halogens is 1. The van der Waals surface area contributed by atoms with Gasteiger partial charge < -0.3 is 4.98 Å². The van der Waals surface area contributed by atoms with Gasteiger partial charge in [0.2, 0.25) is 0 Å². The lowest BCUT2D eigenvalue weighted by Crippen LogP contribution is -2.11. The van der Waals surface area contributed by atoms with Crippen LogP contribution in [0.15, 0.2) is 27.6 Å². The van der Waals surface area contributed by atoms with Crippen LogP contribution in [-0.2, 0) is 0 Å². The van der Waals surface area contributed by atoms with Gasteiger partial charge >= 0.3 is 0 Å². The molecule has 2 rings (SSSR count). The number of aromatic nitrogens is 3. The van der Waals surface area contributed by atoms with Crippen LogP contribution in [0.4, 0.5) is 0 Å². The Balaban J connectivity index is 2.57. The summed E-state index contributed by atoms with van der Waals surface area (Å²) in [5.41, 5.74) is 2.22. The molecule has 0 unspecified atom stereocenters. The Hall–Kier alpha value is -1.49. The third-order valence-electron chi connectivity index (χ3n) is 2.21. The van der Waals surface area contributed by atoms with Crippen LogP contribution < -0.4 is 5.56 Å². The molecule has 0 fully saturated rings. The molecule has 0 saturated carbocycles. The van der Waals surface area contributed by atoms with Crippen molar-refractivity contribution in [2.24, 2.45) is 0 Å². The van der Waals surface area contributed by atoms with Gasteiger partial charge in [-0.15, -0.1) is 0 Å². The van der Waals surface area contributed by atoms with Crippen molar-refractivity contribution < 1.29 is 0 Å². The van der Waals surface area contributed by atoms with Gasteiger partial charge in [-0.05, 0) is 41.9 Å². The molecule has 0 saturated heterocycles. The monoisotopic (exact) mass is 279 g/mol. The first-order chi connectivity index (χ1) is 7.58. The first-order valence-electron chi connectivity index (χ1n) is 4.77. The van der Waals surface area contributed by atoms with Crippen molar-refractivity contribution >= 4 is 15.9 Å². The van der Waals surface area contributed by atoms with Crippen molar-refractivity contribution in [1.29, 1.82) is 0 Å². The van der Waals surface area contributed by atoms with Crippen LogP contribution in [-0.4, -0.2) is 15.0 Å². The van der Waals surface area contributed by atoms with Crippen LogP contribution in [0.2, 0.25) is 0 Å². The topological polar surface area (TPSA) is 58.6 Å². The van der Waals surface area contributed by atoms with E-state index >= 15 is 0 Å². The fraction of sp³-hybridized carbons (Fsp3) is 0.182. The number of nitrogens with zero attached hydrogens (tertiary/aromatic N) is 2. The second kappa shape index (κ2) is 4.17. The molecule has 0 aliphatic rings. The minimum absolute atomic E-state index is 0.178. The Kier molecular flexibility index (Phi) is 2.87. The number of H-pyrrole nitrogens is 1. The van der Waals surface area contributed by atoms with Crippen LogP contribution in [0, 0.1) is 13.8 Å². The molecule has 0 bridgehead atoms. The number of hydrogen-bond donors (Lipinski definition) is 1. The maximum absolute atomic E-state index is 11.5. The van der Waals surface area contributed by atoms with Crippen molar-refractivity contribution in [2.75, 3.05) is 0 Å². The summed E-state index contributed by atoms with van der Waals surface area (Å²) in [4.78, 5) is 22.7. The normalized spacial score (nSPS) is 10.4. The molecular weight excluding hydrogens is 270 g/mol. The van der Waals surface area contributed by atoms with E-state index in [2.05, 4.69) is 30.9 Å². The second-order valence-electron chi connectivity index (χ2n) is 3.50. The molecule has 0 spiro atoms. The van der Waals surface area contributed by atoms with Crippen molar-refractivity contribution in [3.63, 3.8) is 0 Å². The highest BCUT2D eigenvalue weighted by atomic mass is 79.9. The Morgan fingerprint density at radius 2 is 2.06 bits per heavy atom. The van der Waals surface area contributed by atoms with Crippen LogP contribution in [0.1, 0.15) is 11.4 Å². The van der Waals surface area contributed by atoms with Crippen molar-refractivity contribution in [3.05, 3.63) is 44.5 Å². The fourth-order valence-electron chi connectivity index (χ4n) is 1.32. The minimum atomic E-state index is -0.178. The fourth-order valence-corrected chi connectivity index (χ4v) is 1.50. The molecule has 16 heavy (non-hydrogen) atoms. The van der Waals surface area contributed by atoms with Gasteiger partial charge in [0.05, 0.1) is 5.69 Å². The molecule has 0 radical (unpaired) electrons. The molecule has 4 nitrogen and oxygen atoms in total. The van der Waals surface area contributed by atoms with Gasteiger partial charge in [0.1, 0.15) is 10.3 Å². The highest BCUT2D eigenvalue weighted by Gasteiger charge is 2.06. The van der Waals surface area contributed by atoms with E-state index in [0.29, 0.717) is 16.0 Å². The summed E-state index contributed by atoms with van der Waals surface area (Å²) in [7, 11) is 0. The Labute approximate surface area is 101 Å². The highest BCUT2D eigenvalue weighted by molar-refractivity contribution is 9.10. The summed E-state index contributed by atoms with van der Waals surface area (Å²) in [5.74, 6) is 0.540. The predicted octanol–water partition coefficient (Wildman–Crippen LogP) is 2.21. The van der Waals surface area contributed by atoms with E-state index in [-0.39, 0.29) is 5.56 Å². The zero-order valence-corrected chi connectivity index (χ0v) is 10.5. The van der Waals surface area contributed by atoms with E-state index in [1.54, 1.807) is 13.1 Å². The highest BCUT2D eigenvalue weighted by Crippen LogP contribution is 2.15. The van der Waals surface area contributed by atoms with Gasteiger partial charge in [0, 0.05) is 17.5 Å². The molecule has 1 N–H and O–H groups in total. The molecular formula is C11H10BrN3O. The average Bonchev–Trinajstić information content (AvgIpc) is 2.26. The van der Waals surface area contributed by atoms with E-state index in [0.717, 1.165) is 11.3 Å². The predicted molar refractivity (Wildman–Crippen MR) is 65.3 cm³/mol. The molecule has 5 heteroatoms. The summed E-state index contributed by atoms with van der Waals surface area (Å²) in [6, 6.07) is 3.76. The number of nitrogens with one attached hydrogen (secondary N) is 1. The minimum Gasteiger partial charge on any atom is -0.305 e. The summed E-state index contributed by atoms with van der Waals surface area (Å²) < 4.78 is 0.469. The Morgan fingerprint density at radius 1 is 1.31 bits per heavy atom. The van der Waals surface area contributed by atoms with Crippen LogP contribution in [0.3, 0.4) is 0 Å². The van der Waals surface area contributed by atoms with Gasteiger partial charge in [0.15, 0.2) is 0 Å². The lowest BCUT2D eigenvalue weighted by molar-refractivity contribution is 1.05. The number of rotatable bonds is 1. The number of aryl methyl sites for hydroxylation is 2. The number of pyridine rings is 1. The second-order valence-corrected chi connectivity index (χ2v) is 4.30. The SMILES string of the molecule is Cc1ccc(-c2nc(C)c(Br)c(=O)[nH]2)cn1. The molecule has 0 aromatic carbocycles. The molecule has 0 amide bonds. The first kappa shape index (κ1) is 11.0. The Bertz CT molecular complexity index is 575. The number of hydrogen-bond acceptors (Lipinski definition) is 3. The van der Waals surface area contributed by atoms with Crippen LogP contribution >= 0.6 is 15.9 Å². The van der Waals surface area contributed by atoms with Gasteiger partial charge in [-0.25, -0.2) is 4.98 Å². The molecule has 2 aromatic heterocycles. The molecule has 2 heterocycles. The molecule has 0 atom stereocenters. The zero-order chi connectivity index (χ0) is 11.7. The van der Waals surface area contributed by atoms with Gasteiger partial charge in [-0.3, -0.25) is 9.78 Å². The smallest absolute Gasteiger partial charge is 0.265 e. The van der Waals surface area contributed by atoms with E-state index in [1.165, 1.54) is 0 Å². The lowest BCUT2D eigenvalue weighted by Gasteiger charge is -2.03. The summed E-state index contributed by atoms with van der Waals surface area (Å²) >= 11 is 3.18. The third-order valence-corrected chi connectivity index (χ3v) is 3.15. The van der Waals surface area contributed by atoms with Gasteiger partial charge in [-0.2, -0.15) is 0 Å². The molecule has 0 aliphatic carbocycles. The van der Waals surface area contributed by atoms with Crippen LogP contribution in [0.5, 0.6) is 0 Å². The van der Waals surface area contributed by atoms with E-state index in [1.807, 2.05) is 19.1 Å².